The summed E-state index contributed by atoms with van der Waals surface area (Å²) >= 11 is 7.50. The Balaban J connectivity index is 1.32. The van der Waals surface area contributed by atoms with Gasteiger partial charge in [0.2, 0.25) is 5.91 Å². The summed E-state index contributed by atoms with van der Waals surface area (Å²) in [6.07, 6.45) is 1.90. The van der Waals surface area contributed by atoms with E-state index in [2.05, 4.69) is 0 Å². The quantitative estimate of drug-likeness (QED) is 0.193. The van der Waals surface area contributed by atoms with Crippen LogP contribution in [0.15, 0.2) is 60.1 Å². The number of thiazole rings is 1. The van der Waals surface area contributed by atoms with E-state index < -0.39 is 11.7 Å². The van der Waals surface area contributed by atoms with E-state index in [1.807, 2.05) is 65.4 Å². The number of piperazine rings is 1. The molecule has 0 atom stereocenters. The van der Waals surface area contributed by atoms with E-state index in [9.17, 15) is 9.59 Å². The van der Waals surface area contributed by atoms with Gasteiger partial charge in [-0.2, -0.15) is 0 Å². The number of anilines is 1. The molecule has 11 heteroatoms. The van der Waals surface area contributed by atoms with Crippen LogP contribution in [-0.2, 0) is 16.0 Å². The number of aryl methyl sites for hydroxylation is 1. The predicted octanol–water partition coefficient (Wildman–Crippen LogP) is 8.04. The summed E-state index contributed by atoms with van der Waals surface area (Å²) < 4.78 is 23.6. The van der Waals surface area contributed by atoms with Crippen molar-refractivity contribution < 1.29 is 18.7 Å². The largest absolute Gasteiger partial charge is 0.444 e. The summed E-state index contributed by atoms with van der Waals surface area (Å²) in [6.45, 7) is 9.68. The van der Waals surface area contributed by atoms with Gasteiger partial charge in [-0.3, -0.25) is 14.1 Å². The first kappa shape index (κ1) is 30.7. The molecule has 0 radical (unpaired) electrons. The molecule has 0 spiro atoms. The summed E-state index contributed by atoms with van der Waals surface area (Å²) in [4.78, 5) is 38.4. The summed E-state index contributed by atoms with van der Waals surface area (Å²) in [5.41, 5.74) is 5.42. The highest BCUT2D eigenvalue weighted by atomic mass is 35.5. The molecule has 2 aromatic carbocycles. The monoisotopic (exact) mass is 645 g/mol. The summed E-state index contributed by atoms with van der Waals surface area (Å²) in [7, 11) is 0. The van der Waals surface area contributed by atoms with Crippen molar-refractivity contribution in [3.05, 3.63) is 82.2 Å². The molecule has 0 N–H and O–H groups in total. The van der Waals surface area contributed by atoms with Crippen LogP contribution < -0.4 is 4.90 Å². The van der Waals surface area contributed by atoms with Gasteiger partial charge in [-0.05, 0) is 70.0 Å². The van der Waals surface area contributed by atoms with E-state index in [-0.39, 0.29) is 18.3 Å². The fourth-order valence-electron chi connectivity index (χ4n) is 5.45. The fourth-order valence-corrected chi connectivity index (χ4v) is 6.49. The predicted molar refractivity (Wildman–Crippen MR) is 176 cm³/mol. The first-order valence-electron chi connectivity index (χ1n) is 14.7. The molecule has 45 heavy (non-hydrogen) atoms. The first-order chi connectivity index (χ1) is 21.4. The van der Waals surface area contributed by atoms with E-state index in [0.717, 1.165) is 27.5 Å². The summed E-state index contributed by atoms with van der Waals surface area (Å²) in [5, 5.41) is 3.34. The van der Waals surface area contributed by atoms with Gasteiger partial charge >= 0.3 is 6.09 Å². The molecule has 8 nitrogen and oxygen atoms in total. The number of imidazole rings is 1. The number of nitrogens with zero attached hydrogens (tertiary/aromatic N) is 5. The van der Waals surface area contributed by atoms with E-state index in [4.69, 9.17) is 26.3 Å². The SMILES string of the molecule is CCc1nc2ccc(N3CCN(C(=O)OC(C)(C)C)CC3=O)cn2c1-c1ccc(-c2nc(-c3ccc(Cl)cc3)cs2)c(C)c1F. The van der Waals surface area contributed by atoms with Crippen LogP contribution in [0.3, 0.4) is 0 Å². The van der Waals surface area contributed by atoms with Crippen molar-refractivity contribution in [2.75, 3.05) is 24.5 Å². The van der Waals surface area contributed by atoms with Gasteiger partial charge < -0.3 is 9.64 Å². The highest BCUT2D eigenvalue weighted by Crippen LogP contribution is 2.37. The molecular formula is C34H33ClFN5O3S. The summed E-state index contributed by atoms with van der Waals surface area (Å²) in [6, 6.07) is 14.8. The lowest BCUT2D eigenvalue weighted by molar-refractivity contribution is -0.121. The van der Waals surface area contributed by atoms with E-state index >= 15 is 4.39 Å². The van der Waals surface area contributed by atoms with Crippen LogP contribution in [0, 0.1) is 12.7 Å². The van der Waals surface area contributed by atoms with Crippen LogP contribution in [0.1, 0.15) is 39.0 Å². The Labute approximate surface area is 270 Å². The van der Waals surface area contributed by atoms with Gasteiger partial charge in [0.15, 0.2) is 0 Å². The standard InChI is InChI=1S/C34H33ClFN5O3S/c1-6-26-31(25-13-12-24(20(2)30(25)36)32-38-27(19-45-32)21-7-9-22(35)10-8-21)41-17-23(11-14-28(41)37-26)40-16-15-39(18-29(40)42)33(43)44-34(3,4)5/h7-14,17,19H,6,15-16,18H2,1-5H3. The lowest BCUT2D eigenvalue weighted by atomic mass is 10.0. The minimum Gasteiger partial charge on any atom is -0.444 e. The molecule has 2 amide bonds. The molecule has 6 rings (SSSR count). The number of halogens is 2. The van der Waals surface area contributed by atoms with Gasteiger partial charge in [-0.15, -0.1) is 11.3 Å². The molecule has 0 unspecified atom stereocenters. The van der Waals surface area contributed by atoms with Crippen LogP contribution in [0.2, 0.25) is 5.02 Å². The number of fused-ring (bicyclic) bond motifs is 1. The van der Waals surface area contributed by atoms with Crippen molar-refractivity contribution >= 4 is 46.3 Å². The number of hydrogen-bond donors (Lipinski definition) is 0. The molecule has 1 saturated heterocycles. The molecule has 0 aliphatic carbocycles. The number of aromatic nitrogens is 3. The Kier molecular flexibility index (Phi) is 8.13. The van der Waals surface area contributed by atoms with E-state index in [1.54, 1.807) is 38.7 Å². The third-order valence-electron chi connectivity index (χ3n) is 7.71. The van der Waals surface area contributed by atoms with Crippen molar-refractivity contribution in [3.8, 4) is 33.1 Å². The Morgan fingerprint density at radius 3 is 2.47 bits per heavy atom. The number of hydrogen-bond acceptors (Lipinski definition) is 6. The van der Waals surface area contributed by atoms with Crippen molar-refractivity contribution in [3.63, 3.8) is 0 Å². The Hall–Kier alpha value is -4.28. The van der Waals surface area contributed by atoms with Crippen molar-refractivity contribution in [1.82, 2.24) is 19.3 Å². The zero-order chi connectivity index (χ0) is 32.0. The minimum atomic E-state index is -0.649. The lowest BCUT2D eigenvalue weighted by Crippen LogP contribution is -2.53. The van der Waals surface area contributed by atoms with Crippen molar-refractivity contribution in [2.24, 2.45) is 0 Å². The third-order valence-corrected chi connectivity index (χ3v) is 8.84. The number of rotatable bonds is 5. The molecular weight excluding hydrogens is 613 g/mol. The van der Waals surface area contributed by atoms with Crippen LogP contribution in [-0.4, -0.2) is 56.5 Å². The molecule has 1 aliphatic heterocycles. The molecule has 0 bridgehead atoms. The second-order valence-electron chi connectivity index (χ2n) is 12.0. The number of pyridine rings is 1. The van der Waals surface area contributed by atoms with Crippen LogP contribution in [0.25, 0.3) is 38.7 Å². The minimum absolute atomic E-state index is 0.0876. The molecule has 1 fully saturated rings. The van der Waals surface area contributed by atoms with Gasteiger partial charge in [0, 0.05) is 46.4 Å². The van der Waals surface area contributed by atoms with E-state index in [1.165, 1.54) is 16.2 Å². The number of ether oxygens (including phenoxy) is 1. The number of benzene rings is 2. The second kappa shape index (κ2) is 11.9. The second-order valence-corrected chi connectivity index (χ2v) is 13.3. The fraction of sp³-hybridized carbons (Fsp3) is 0.294. The maximum absolute atomic E-state index is 16.3. The Morgan fingerprint density at radius 2 is 1.78 bits per heavy atom. The molecule has 4 heterocycles. The van der Waals surface area contributed by atoms with Crippen LogP contribution >= 0.6 is 22.9 Å². The Bertz CT molecular complexity index is 1930. The highest BCUT2D eigenvalue weighted by molar-refractivity contribution is 7.13. The molecule has 3 aromatic heterocycles. The molecule has 232 valence electrons. The van der Waals surface area contributed by atoms with Gasteiger partial charge in [0.05, 0.1) is 22.8 Å². The molecule has 1 aliphatic rings. The van der Waals surface area contributed by atoms with Gasteiger partial charge in [0.1, 0.15) is 28.6 Å². The number of carbonyl (C=O) groups excluding carboxylic acids is 2. The number of carbonyl (C=O) groups is 2. The third kappa shape index (κ3) is 6.04. The molecule has 5 aromatic rings. The van der Waals surface area contributed by atoms with Gasteiger partial charge in [0.25, 0.3) is 0 Å². The average molecular weight is 646 g/mol. The zero-order valence-electron chi connectivity index (χ0n) is 25.7. The zero-order valence-corrected chi connectivity index (χ0v) is 27.3. The van der Waals surface area contributed by atoms with Crippen LogP contribution in [0.4, 0.5) is 14.9 Å². The normalized spacial score (nSPS) is 14.0. The smallest absolute Gasteiger partial charge is 0.410 e. The average Bonchev–Trinajstić information content (AvgIpc) is 3.63. The maximum atomic E-state index is 16.3. The Morgan fingerprint density at radius 1 is 1.04 bits per heavy atom. The topological polar surface area (TPSA) is 80.0 Å². The lowest BCUT2D eigenvalue weighted by Gasteiger charge is -2.35. The first-order valence-corrected chi connectivity index (χ1v) is 16.0. The highest BCUT2D eigenvalue weighted by Gasteiger charge is 2.31. The van der Waals surface area contributed by atoms with Crippen molar-refractivity contribution in [2.45, 2.75) is 46.6 Å². The molecule has 0 saturated carbocycles. The maximum Gasteiger partial charge on any atom is 0.410 e. The van der Waals surface area contributed by atoms with Crippen LogP contribution in [0.5, 0.6) is 0 Å². The van der Waals surface area contributed by atoms with Gasteiger partial charge in [-0.1, -0.05) is 36.7 Å². The van der Waals surface area contributed by atoms with Crippen molar-refractivity contribution in [1.29, 1.82) is 0 Å². The number of amides is 2. The summed E-state index contributed by atoms with van der Waals surface area (Å²) in [5.74, 6) is -0.573. The van der Waals surface area contributed by atoms with Gasteiger partial charge in [-0.25, -0.2) is 19.2 Å². The van der Waals surface area contributed by atoms with E-state index in [0.29, 0.717) is 52.7 Å².